The second-order valence-electron chi connectivity index (χ2n) is 4.80. The number of anilines is 1. The lowest BCUT2D eigenvalue weighted by atomic mass is 10.1. The summed E-state index contributed by atoms with van der Waals surface area (Å²) in [7, 11) is 0. The van der Waals surface area contributed by atoms with Gasteiger partial charge in [0.25, 0.3) is 0 Å². The highest BCUT2D eigenvalue weighted by molar-refractivity contribution is 5.30. The highest BCUT2D eigenvalue weighted by Gasteiger charge is 2.20. The Bertz CT molecular complexity index is 336. The molecule has 0 bridgehead atoms. The van der Waals surface area contributed by atoms with E-state index in [1.54, 1.807) is 0 Å². The van der Waals surface area contributed by atoms with E-state index in [9.17, 15) is 0 Å². The molecule has 4 heteroatoms. The highest BCUT2D eigenvalue weighted by Crippen LogP contribution is 2.15. The van der Waals surface area contributed by atoms with Gasteiger partial charge in [-0.15, -0.1) is 0 Å². The molecule has 1 fully saturated rings. The monoisotopic (exact) mass is 234 g/mol. The predicted molar refractivity (Wildman–Crippen MR) is 70.3 cm³/mol. The lowest BCUT2D eigenvalue weighted by Crippen LogP contribution is -2.46. The van der Waals surface area contributed by atoms with Crippen molar-refractivity contribution in [1.29, 1.82) is 0 Å². The van der Waals surface area contributed by atoms with Crippen LogP contribution in [0.5, 0.6) is 0 Å². The standard InChI is InChI=1S/C13H22N4/c1-3-6-14-12-5-4-7-17(10-12)13-15-8-11(2)9-16-13/h8-9,12,14H,3-7,10H2,1-2H3. The van der Waals surface area contributed by atoms with E-state index in [2.05, 4.69) is 27.1 Å². The van der Waals surface area contributed by atoms with Gasteiger partial charge in [0.05, 0.1) is 0 Å². The van der Waals surface area contributed by atoms with Gasteiger partial charge in [-0.05, 0) is 38.3 Å². The molecule has 2 heterocycles. The van der Waals surface area contributed by atoms with Crippen LogP contribution in [0, 0.1) is 6.92 Å². The Morgan fingerprint density at radius 1 is 1.41 bits per heavy atom. The number of piperidine rings is 1. The SMILES string of the molecule is CCCNC1CCCN(c2ncc(C)cn2)C1. The van der Waals surface area contributed by atoms with Crippen LogP contribution in [0.4, 0.5) is 5.95 Å². The zero-order valence-corrected chi connectivity index (χ0v) is 10.8. The average Bonchev–Trinajstić information content (AvgIpc) is 2.37. The first kappa shape index (κ1) is 12.3. The van der Waals surface area contributed by atoms with Crippen LogP contribution in [0.2, 0.25) is 0 Å². The zero-order chi connectivity index (χ0) is 12.1. The summed E-state index contributed by atoms with van der Waals surface area (Å²) in [5, 5.41) is 3.59. The lowest BCUT2D eigenvalue weighted by Gasteiger charge is -2.33. The molecule has 0 spiro atoms. The molecule has 1 aliphatic heterocycles. The first-order valence-electron chi connectivity index (χ1n) is 6.56. The second kappa shape index (κ2) is 5.96. The van der Waals surface area contributed by atoms with Crippen molar-refractivity contribution in [3.8, 4) is 0 Å². The fraction of sp³-hybridized carbons (Fsp3) is 0.692. The van der Waals surface area contributed by atoms with Crippen molar-refractivity contribution < 1.29 is 0 Å². The van der Waals surface area contributed by atoms with Gasteiger partial charge in [0.15, 0.2) is 0 Å². The molecule has 1 aliphatic rings. The van der Waals surface area contributed by atoms with Gasteiger partial charge < -0.3 is 10.2 Å². The number of nitrogens with zero attached hydrogens (tertiary/aromatic N) is 3. The minimum absolute atomic E-state index is 0.591. The van der Waals surface area contributed by atoms with Gasteiger partial charge in [-0.25, -0.2) is 9.97 Å². The zero-order valence-electron chi connectivity index (χ0n) is 10.8. The van der Waals surface area contributed by atoms with E-state index in [1.807, 2.05) is 19.3 Å². The van der Waals surface area contributed by atoms with Crippen molar-refractivity contribution >= 4 is 5.95 Å². The van der Waals surface area contributed by atoms with Gasteiger partial charge >= 0.3 is 0 Å². The third kappa shape index (κ3) is 3.40. The molecule has 1 aromatic rings. The van der Waals surface area contributed by atoms with Crippen molar-refractivity contribution in [3.63, 3.8) is 0 Å². The van der Waals surface area contributed by atoms with Crippen LogP contribution in [0.25, 0.3) is 0 Å². The van der Waals surface area contributed by atoms with Crippen molar-refractivity contribution in [3.05, 3.63) is 18.0 Å². The summed E-state index contributed by atoms with van der Waals surface area (Å²) in [4.78, 5) is 11.1. The summed E-state index contributed by atoms with van der Waals surface area (Å²) < 4.78 is 0. The molecule has 1 atom stereocenters. The minimum atomic E-state index is 0.591. The summed E-state index contributed by atoms with van der Waals surface area (Å²) in [6.45, 7) is 7.44. The van der Waals surface area contributed by atoms with E-state index in [1.165, 1.54) is 19.3 Å². The number of hydrogen-bond acceptors (Lipinski definition) is 4. The van der Waals surface area contributed by atoms with Crippen LogP contribution in [0.3, 0.4) is 0 Å². The molecular weight excluding hydrogens is 212 g/mol. The van der Waals surface area contributed by atoms with Crippen molar-refractivity contribution in [2.24, 2.45) is 0 Å². The summed E-state index contributed by atoms with van der Waals surface area (Å²) >= 11 is 0. The fourth-order valence-electron chi connectivity index (χ4n) is 2.22. The van der Waals surface area contributed by atoms with E-state index in [0.29, 0.717) is 6.04 Å². The third-order valence-corrected chi connectivity index (χ3v) is 3.15. The second-order valence-corrected chi connectivity index (χ2v) is 4.80. The maximum Gasteiger partial charge on any atom is 0.225 e. The molecule has 2 rings (SSSR count). The number of nitrogens with one attached hydrogen (secondary N) is 1. The Balaban J connectivity index is 1.94. The molecule has 1 unspecified atom stereocenters. The smallest absolute Gasteiger partial charge is 0.225 e. The maximum absolute atomic E-state index is 4.40. The molecular formula is C13H22N4. The van der Waals surface area contributed by atoms with Gasteiger partial charge in [0, 0.05) is 31.5 Å². The van der Waals surface area contributed by atoms with Crippen LogP contribution >= 0.6 is 0 Å². The van der Waals surface area contributed by atoms with Gasteiger partial charge in [-0.2, -0.15) is 0 Å². The molecule has 1 saturated heterocycles. The number of aryl methyl sites for hydroxylation is 1. The Morgan fingerprint density at radius 2 is 2.18 bits per heavy atom. The maximum atomic E-state index is 4.40. The number of aromatic nitrogens is 2. The van der Waals surface area contributed by atoms with E-state index >= 15 is 0 Å². The molecule has 0 aromatic carbocycles. The van der Waals surface area contributed by atoms with Crippen LogP contribution < -0.4 is 10.2 Å². The van der Waals surface area contributed by atoms with Crippen LogP contribution in [0.1, 0.15) is 31.7 Å². The fourth-order valence-corrected chi connectivity index (χ4v) is 2.22. The summed E-state index contributed by atoms with van der Waals surface area (Å²) in [6.07, 6.45) is 7.47. The summed E-state index contributed by atoms with van der Waals surface area (Å²) in [5.41, 5.74) is 1.12. The number of rotatable bonds is 4. The molecule has 1 aromatic heterocycles. The Hall–Kier alpha value is -1.16. The normalized spacial score (nSPS) is 20.6. The Kier molecular flexibility index (Phi) is 4.31. The van der Waals surface area contributed by atoms with E-state index in [0.717, 1.165) is 31.1 Å². The molecule has 0 saturated carbocycles. The van der Waals surface area contributed by atoms with Crippen molar-refractivity contribution in [1.82, 2.24) is 15.3 Å². The predicted octanol–water partition coefficient (Wildman–Crippen LogP) is 1.75. The number of hydrogen-bond donors (Lipinski definition) is 1. The van der Waals surface area contributed by atoms with Crippen LogP contribution in [-0.2, 0) is 0 Å². The van der Waals surface area contributed by atoms with Crippen molar-refractivity contribution in [2.75, 3.05) is 24.5 Å². The quantitative estimate of drug-likeness (QED) is 0.862. The van der Waals surface area contributed by atoms with Gasteiger partial charge in [-0.1, -0.05) is 6.92 Å². The van der Waals surface area contributed by atoms with Gasteiger partial charge in [0.1, 0.15) is 0 Å². The summed E-state index contributed by atoms with van der Waals surface area (Å²) in [5.74, 6) is 0.874. The van der Waals surface area contributed by atoms with E-state index in [4.69, 9.17) is 0 Å². The molecule has 1 N–H and O–H groups in total. The topological polar surface area (TPSA) is 41.0 Å². The molecule has 4 nitrogen and oxygen atoms in total. The highest BCUT2D eigenvalue weighted by atomic mass is 15.3. The van der Waals surface area contributed by atoms with E-state index < -0.39 is 0 Å². The van der Waals surface area contributed by atoms with Crippen LogP contribution in [-0.4, -0.2) is 35.6 Å². The molecule has 17 heavy (non-hydrogen) atoms. The minimum Gasteiger partial charge on any atom is -0.339 e. The average molecular weight is 234 g/mol. The largest absolute Gasteiger partial charge is 0.339 e. The molecule has 0 aliphatic carbocycles. The first-order chi connectivity index (χ1) is 8.29. The third-order valence-electron chi connectivity index (χ3n) is 3.15. The lowest BCUT2D eigenvalue weighted by molar-refractivity contribution is 0.420. The molecule has 0 amide bonds. The Labute approximate surface area is 103 Å². The van der Waals surface area contributed by atoms with E-state index in [-0.39, 0.29) is 0 Å². The molecule has 0 radical (unpaired) electrons. The molecule has 94 valence electrons. The van der Waals surface area contributed by atoms with Gasteiger partial charge in [-0.3, -0.25) is 0 Å². The van der Waals surface area contributed by atoms with Crippen LogP contribution in [0.15, 0.2) is 12.4 Å². The Morgan fingerprint density at radius 3 is 2.88 bits per heavy atom. The van der Waals surface area contributed by atoms with Crippen molar-refractivity contribution in [2.45, 2.75) is 39.2 Å². The van der Waals surface area contributed by atoms with Gasteiger partial charge in [0.2, 0.25) is 5.95 Å². The first-order valence-corrected chi connectivity index (χ1v) is 6.56. The summed E-state index contributed by atoms with van der Waals surface area (Å²) in [6, 6.07) is 0.591.